The third kappa shape index (κ3) is 3.59. The number of nitrogens with one attached hydrogen (secondary N) is 1. The summed E-state index contributed by atoms with van der Waals surface area (Å²) in [5.74, 6) is 0. The van der Waals surface area contributed by atoms with Crippen LogP contribution in [0, 0.1) is 6.92 Å². The van der Waals surface area contributed by atoms with Crippen molar-refractivity contribution in [2.24, 2.45) is 0 Å². The number of rotatable bonds is 5. The van der Waals surface area contributed by atoms with Crippen LogP contribution >= 0.6 is 11.6 Å². The molecule has 0 bridgehead atoms. The molecule has 0 saturated heterocycles. The Hall–Kier alpha value is -1.38. The van der Waals surface area contributed by atoms with Crippen molar-refractivity contribution in [1.29, 1.82) is 0 Å². The summed E-state index contributed by atoms with van der Waals surface area (Å²) in [4.78, 5) is 4.54. The Labute approximate surface area is 126 Å². The number of hydrogen-bond donors (Lipinski definition) is 1. The zero-order valence-electron chi connectivity index (χ0n) is 12.3. The zero-order valence-corrected chi connectivity index (χ0v) is 13.0. The lowest BCUT2D eigenvalue weighted by atomic mass is 9.97. The molecule has 3 heteroatoms. The molecule has 0 aliphatic rings. The van der Waals surface area contributed by atoms with Gasteiger partial charge in [-0.15, -0.1) is 0 Å². The third-order valence-corrected chi connectivity index (χ3v) is 3.90. The van der Waals surface area contributed by atoms with Crippen LogP contribution in [0.3, 0.4) is 0 Å². The molecular weight excluding hydrogens is 268 g/mol. The van der Waals surface area contributed by atoms with Crippen LogP contribution in [0.2, 0.25) is 5.02 Å². The number of halogens is 1. The molecule has 20 heavy (non-hydrogen) atoms. The van der Waals surface area contributed by atoms with E-state index in [0.717, 1.165) is 23.6 Å². The highest BCUT2D eigenvalue weighted by Gasteiger charge is 2.13. The van der Waals surface area contributed by atoms with Crippen molar-refractivity contribution in [2.45, 2.75) is 32.7 Å². The normalized spacial score (nSPS) is 12.4. The van der Waals surface area contributed by atoms with E-state index in [1.807, 2.05) is 25.4 Å². The van der Waals surface area contributed by atoms with Gasteiger partial charge in [-0.25, -0.2) is 0 Å². The van der Waals surface area contributed by atoms with E-state index >= 15 is 0 Å². The van der Waals surface area contributed by atoms with Crippen molar-refractivity contribution < 1.29 is 0 Å². The number of nitrogens with zero attached hydrogens (tertiary/aromatic N) is 1. The lowest BCUT2D eigenvalue weighted by Crippen LogP contribution is -2.20. The average molecular weight is 289 g/mol. The number of pyridine rings is 1. The van der Waals surface area contributed by atoms with E-state index in [-0.39, 0.29) is 6.04 Å². The Bertz CT molecular complexity index is 564. The molecule has 0 aliphatic carbocycles. The van der Waals surface area contributed by atoms with Gasteiger partial charge in [0.05, 0.1) is 0 Å². The molecule has 1 atom stereocenters. The molecular formula is C17H21ClN2. The summed E-state index contributed by atoms with van der Waals surface area (Å²) in [6.07, 6.45) is 3.87. The first-order valence-corrected chi connectivity index (χ1v) is 7.39. The second-order valence-electron chi connectivity index (χ2n) is 5.06. The quantitative estimate of drug-likeness (QED) is 0.896. The highest BCUT2D eigenvalue weighted by molar-refractivity contribution is 6.30. The van der Waals surface area contributed by atoms with Crippen molar-refractivity contribution >= 4 is 11.6 Å². The molecule has 0 aliphatic heterocycles. The zero-order chi connectivity index (χ0) is 14.5. The smallest absolute Gasteiger partial charge is 0.0422 e. The SMILES string of the molecule is CCc1ccc(CC(NC)c2ccc(Cl)cc2C)nc1. The van der Waals surface area contributed by atoms with Gasteiger partial charge in [-0.3, -0.25) is 4.98 Å². The molecule has 0 saturated carbocycles. The molecule has 0 amide bonds. The van der Waals surface area contributed by atoms with E-state index < -0.39 is 0 Å². The highest BCUT2D eigenvalue weighted by atomic mass is 35.5. The first-order valence-electron chi connectivity index (χ1n) is 7.01. The Morgan fingerprint density at radius 1 is 1.25 bits per heavy atom. The van der Waals surface area contributed by atoms with Crippen LogP contribution in [0.5, 0.6) is 0 Å². The average Bonchev–Trinajstić information content (AvgIpc) is 2.46. The fourth-order valence-electron chi connectivity index (χ4n) is 2.39. The summed E-state index contributed by atoms with van der Waals surface area (Å²) in [5.41, 5.74) is 4.87. The molecule has 1 aromatic heterocycles. The maximum absolute atomic E-state index is 6.03. The molecule has 1 heterocycles. The molecule has 0 radical (unpaired) electrons. The number of hydrogen-bond acceptors (Lipinski definition) is 2. The first kappa shape index (κ1) is 15.0. The van der Waals surface area contributed by atoms with Gasteiger partial charge in [0.1, 0.15) is 0 Å². The van der Waals surface area contributed by atoms with E-state index in [0.29, 0.717) is 0 Å². The van der Waals surface area contributed by atoms with E-state index in [4.69, 9.17) is 11.6 Å². The topological polar surface area (TPSA) is 24.9 Å². The minimum absolute atomic E-state index is 0.257. The third-order valence-electron chi connectivity index (χ3n) is 3.66. The van der Waals surface area contributed by atoms with Gasteiger partial charge < -0.3 is 5.32 Å². The summed E-state index contributed by atoms with van der Waals surface area (Å²) in [6, 6.07) is 10.6. The van der Waals surface area contributed by atoms with Crippen LogP contribution in [0.1, 0.15) is 35.3 Å². The lowest BCUT2D eigenvalue weighted by Gasteiger charge is -2.19. The molecule has 2 aromatic rings. The van der Waals surface area contributed by atoms with Crippen LogP contribution in [0.4, 0.5) is 0 Å². The van der Waals surface area contributed by atoms with Gasteiger partial charge in [0.25, 0.3) is 0 Å². The molecule has 106 valence electrons. The fraction of sp³-hybridized carbons (Fsp3) is 0.353. The molecule has 0 spiro atoms. The van der Waals surface area contributed by atoms with Crippen molar-refractivity contribution in [3.8, 4) is 0 Å². The summed E-state index contributed by atoms with van der Waals surface area (Å²) < 4.78 is 0. The maximum Gasteiger partial charge on any atom is 0.0422 e. The van der Waals surface area contributed by atoms with Crippen LogP contribution < -0.4 is 5.32 Å². The van der Waals surface area contributed by atoms with Gasteiger partial charge in [-0.05, 0) is 55.3 Å². The Kier molecular flexibility index (Phi) is 5.16. The van der Waals surface area contributed by atoms with E-state index in [9.17, 15) is 0 Å². The minimum atomic E-state index is 0.257. The minimum Gasteiger partial charge on any atom is -0.313 e. The Morgan fingerprint density at radius 3 is 2.60 bits per heavy atom. The molecule has 2 rings (SSSR count). The second-order valence-corrected chi connectivity index (χ2v) is 5.49. The van der Waals surface area contributed by atoms with Crippen LogP contribution in [-0.4, -0.2) is 12.0 Å². The number of aryl methyl sites for hydroxylation is 2. The van der Waals surface area contributed by atoms with Crippen molar-refractivity contribution in [2.75, 3.05) is 7.05 Å². The Balaban J connectivity index is 2.19. The van der Waals surface area contributed by atoms with E-state index in [1.165, 1.54) is 16.7 Å². The second kappa shape index (κ2) is 6.87. The number of benzene rings is 1. The van der Waals surface area contributed by atoms with E-state index in [1.54, 1.807) is 0 Å². The van der Waals surface area contributed by atoms with Gasteiger partial charge in [0.2, 0.25) is 0 Å². The van der Waals surface area contributed by atoms with Gasteiger partial charge in [0, 0.05) is 29.4 Å². The Morgan fingerprint density at radius 2 is 2.05 bits per heavy atom. The summed E-state index contributed by atoms with van der Waals surface area (Å²) in [6.45, 7) is 4.24. The van der Waals surface area contributed by atoms with Gasteiger partial charge in [-0.2, -0.15) is 0 Å². The molecule has 0 fully saturated rings. The summed E-state index contributed by atoms with van der Waals surface area (Å²) in [7, 11) is 1.99. The van der Waals surface area contributed by atoms with Crippen LogP contribution in [-0.2, 0) is 12.8 Å². The van der Waals surface area contributed by atoms with Crippen molar-refractivity contribution in [3.63, 3.8) is 0 Å². The standard InChI is InChI=1S/C17H21ClN2/c1-4-13-5-7-15(20-11-13)10-17(19-3)16-8-6-14(18)9-12(16)2/h5-9,11,17,19H,4,10H2,1-3H3. The molecule has 1 unspecified atom stereocenters. The molecule has 1 N–H and O–H groups in total. The first-order chi connectivity index (χ1) is 9.63. The van der Waals surface area contributed by atoms with Gasteiger partial charge >= 0.3 is 0 Å². The lowest BCUT2D eigenvalue weighted by molar-refractivity contribution is 0.581. The van der Waals surface area contributed by atoms with Gasteiger partial charge in [-0.1, -0.05) is 30.7 Å². The summed E-state index contributed by atoms with van der Waals surface area (Å²) >= 11 is 6.03. The fourth-order valence-corrected chi connectivity index (χ4v) is 2.62. The highest BCUT2D eigenvalue weighted by Crippen LogP contribution is 2.23. The number of aromatic nitrogens is 1. The summed E-state index contributed by atoms with van der Waals surface area (Å²) in [5, 5.41) is 4.16. The largest absolute Gasteiger partial charge is 0.313 e. The predicted octanol–water partition coefficient (Wildman–Crippen LogP) is 4.11. The number of likely N-dealkylation sites (N-methyl/N-ethyl adjacent to an activating group) is 1. The molecule has 2 nitrogen and oxygen atoms in total. The van der Waals surface area contributed by atoms with Crippen LogP contribution in [0.15, 0.2) is 36.5 Å². The maximum atomic E-state index is 6.03. The van der Waals surface area contributed by atoms with Crippen molar-refractivity contribution in [1.82, 2.24) is 10.3 Å². The van der Waals surface area contributed by atoms with Crippen molar-refractivity contribution in [3.05, 3.63) is 63.9 Å². The molecule has 1 aromatic carbocycles. The van der Waals surface area contributed by atoms with Crippen LogP contribution in [0.25, 0.3) is 0 Å². The van der Waals surface area contributed by atoms with Gasteiger partial charge in [0.15, 0.2) is 0 Å². The van der Waals surface area contributed by atoms with E-state index in [2.05, 4.69) is 42.3 Å². The predicted molar refractivity (Wildman–Crippen MR) is 85.3 cm³/mol. The monoisotopic (exact) mass is 288 g/mol.